The number of carboxylic acid groups (broad SMARTS) is 1. The Labute approximate surface area is 160 Å². The van der Waals surface area contributed by atoms with Gasteiger partial charge in [0.05, 0.1) is 16.6 Å². The van der Waals surface area contributed by atoms with Crippen molar-refractivity contribution in [1.82, 2.24) is 15.3 Å². The molecular formula is C22H17N3O3. The molecule has 2 heterocycles. The van der Waals surface area contributed by atoms with Crippen LogP contribution in [0.2, 0.25) is 0 Å². The highest BCUT2D eigenvalue weighted by Crippen LogP contribution is 2.17. The van der Waals surface area contributed by atoms with E-state index in [0.717, 1.165) is 16.3 Å². The molecule has 4 aromatic rings. The number of carbonyl (C=O) groups is 2. The SMILES string of the molecule is O=C(N[C@@H](Cc1ccc2ccccc2n1)C(=O)O)c1cccc2cccnc12. The van der Waals surface area contributed by atoms with Crippen molar-refractivity contribution < 1.29 is 14.7 Å². The maximum Gasteiger partial charge on any atom is 0.326 e. The van der Waals surface area contributed by atoms with Crippen molar-refractivity contribution in [3.05, 3.63) is 84.2 Å². The highest BCUT2D eigenvalue weighted by Gasteiger charge is 2.23. The van der Waals surface area contributed by atoms with Crippen LogP contribution in [-0.2, 0) is 11.2 Å². The Bertz CT molecular complexity index is 1180. The second-order valence-electron chi connectivity index (χ2n) is 6.44. The van der Waals surface area contributed by atoms with Crippen LogP contribution in [0, 0.1) is 0 Å². The van der Waals surface area contributed by atoms with E-state index in [-0.39, 0.29) is 6.42 Å². The number of carboxylic acids is 1. The molecule has 138 valence electrons. The number of rotatable bonds is 5. The van der Waals surface area contributed by atoms with Crippen LogP contribution >= 0.6 is 0 Å². The van der Waals surface area contributed by atoms with E-state index in [9.17, 15) is 14.7 Å². The molecule has 0 aliphatic rings. The highest BCUT2D eigenvalue weighted by molar-refractivity contribution is 6.06. The number of amides is 1. The standard InChI is InChI=1S/C22H17N3O3/c26-21(17-8-3-6-15-7-4-12-23-20(15)17)25-19(22(27)28)13-16-11-10-14-5-1-2-9-18(14)24-16/h1-12,19H,13H2,(H,25,26)(H,27,28)/t19-/m0/s1. The van der Waals surface area contributed by atoms with E-state index >= 15 is 0 Å². The number of carbonyl (C=O) groups excluding carboxylic acids is 1. The van der Waals surface area contributed by atoms with Crippen molar-refractivity contribution >= 4 is 33.7 Å². The van der Waals surface area contributed by atoms with E-state index in [1.807, 2.05) is 42.5 Å². The third-order valence-electron chi connectivity index (χ3n) is 4.55. The van der Waals surface area contributed by atoms with Crippen molar-refractivity contribution in [3.63, 3.8) is 0 Å². The summed E-state index contributed by atoms with van der Waals surface area (Å²) in [6.07, 6.45) is 1.69. The van der Waals surface area contributed by atoms with Gasteiger partial charge in [-0.15, -0.1) is 0 Å². The highest BCUT2D eigenvalue weighted by atomic mass is 16.4. The van der Waals surface area contributed by atoms with Gasteiger partial charge in [0.25, 0.3) is 5.91 Å². The first-order valence-electron chi connectivity index (χ1n) is 8.84. The van der Waals surface area contributed by atoms with Gasteiger partial charge in [-0.2, -0.15) is 0 Å². The zero-order valence-corrected chi connectivity index (χ0v) is 14.9. The molecule has 0 unspecified atom stereocenters. The monoisotopic (exact) mass is 371 g/mol. The normalized spacial score (nSPS) is 12.0. The first-order valence-corrected chi connectivity index (χ1v) is 8.84. The van der Waals surface area contributed by atoms with Crippen LogP contribution in [0.25, 0.3) is 21.8 Å². The number of hydrogen-bond acceptors (Lipinski definition) is 4. The van der Waals surface area contributed by atoms with Crippen LogP contribution in [0.1, 0.15) is 16.1 Å². The van der Waals surface area contributed by atoms with Crippen LogP contribution in [0.3, 0.4) is 0 Å². The van der Waals surface area contributed by atoms with Crippen molar-refractivity contribution in [2.75, 3.05) is 0 Å². The fraction of sp³-hybridized carbons (Fsp3) is 0.0909. The molecule has 0 radical (unpaired) electrons. The average molecular weight is 371 g/mol. The van der Waals surface area contributed by atoms with Gasteiger partial charge in [0.15, 0.2) is 0 Å². The number of fused-ring (bicyclic) bond motifs is 2. The van der Waals surface area contributed by atoms with E-state index in [4.69, 9.17) is 0 Å². The molecule has 0 aliphatic carbocycles. The van der Waals surface area contributed by atoms with E-state index < -0.39 is 17.9 Å². The lowest BCUT2D eigenvalue weighted by Crippen LogP contribution is -2.42. The average Bonchev–Trinajstić information content (AvgIpc) is 2.72. The molecule has 4 rings (SSSR count). The molecule has 0 bridgehead atoms. The number of para-hydroxylation sites is 2. The Morgan fingerprint density at radius 3 is 2.57 bits per heavy atom. The summed E-state index contributed by atoms with van der Waals surface area (Å²) in [5, 5.41) is 14.0. The molecule has 0 saturated carbocycles. The smallest absolute Gasteiger partial charge is 0.326 e. The second-order valence-corrected chi connectivity index (χ2v) is 6.44. The number of aromatic nitrogens is 2. The zero-order valence-electron chi connectivity index (χ0n) is 14.9. The van der Waals surface area contributed by atoms with Gasteiger partial charge in [0.2, 0.25) is 0 Å². The maximum absolute atomic E-state index is 12.7. The fourth-order valence-electron chi connectivity index (χ4n) is 3.15. The predicted molar refractivity (Wildman–Crippen MR) is 106 cm³/mol. The van der Waals surface area contributed by atoms with E-state index in [1.165, 1.54) is 0 Å². The van der Waals surface area contributed by atoms with Crippen LogP contribution in [0.4, 0.5) is 0 Å². The third-order valence-corrected chi connectivity index (χ3v) is 4.55. The topological polar surface area (TPSA) is 92.2 Å². The molecular weight excluding hydrogens is 354 g/mol. The second kappa shape index (κ2) is 7.44. The summed E-state index contributed by atoms with van der Waals surface area (Å²) in [5.41, 5.74) is 2.27. The van der Waals surface area contributed by atoms with Crippen LogP contribution < -0.4 is 5.32 Å². The molecule has 2 N–H and O–H groups in total. The van der Waals surface area contributed by atoms with Gasteiger partial charge in [-0.3, -0.25) is 14.8 Å². The molecule has 6 nitrogen and oxygen atoms in total. The van der Waals surface area contributed by atoms with Gasteiger partial charge in [-0.05, 0) is 24.3 Å². The molecule has 2 aromatic carbocycles. The molecule has 0 spiro atoms. The summed E-state index contributed by atoms with van der Waals surface area (Å²) in [4.78, 5) is 33.2. The Morgan fingerprint density at radius 1 is 0.929 bits per heavy atom. The van der Waals surface area contributed by atoms with Crippen molar-refractivity contribution in [2.24, 2.45) is 0 Å². The fourth-order valence-corrected chi connectivity index (χ4v) is 3.15. The Morgan fingerprint density at radius 2 is 1.71 bits per heavy atom. The maximum atomic E-state index is 12.7. The Balaban J connectivity index is 1.59. The zero-order chi connectivity index (χ0) is 19.5. The Kier molecular flexibility index (Phi) is 4.68. The number of nitrogens with one attached hydrogen (secondary N) is 1. The summed E-state index contributed by atoms with van der Waals surface area (Å²) in [7, 11) is 0. The first-order chi connectivity index (χ1) is 13.6. The predicted octanol–water partition coefficient (Wildman–Crippen LogP) is 3.21. The number of nitrogens with zero attached hydrogens (tertiary/aromatic N) is 2. The van der Waals surface area contributed by atoms with Crippen LogP contribution in [0.15, 0.2) is 72.9 Å². The summed E-state index contributed by atoms with van der Waals surface area (Å²) < 4.78 is 0. The molecule has 0 saturated heterocycles. The Hall–Kier alpha value is -3.80. The molecule has 2 aromatic heterocycles. The molecule has 0 fully saturated rings. The van der Waals surface area contributed by atoms with E-state index in [1.54, 1.807) is 30.5 Å². The van der Waals surface area contributed by atoms with E-state index in [2.05, 4.69) is 15.3 Å². The summed E-state index contributed by atoms with van der Waals surface area (Å²) in [5.74, 6) is -1.59. The van der Waals surface area contributed by atoms with Crippen molar-refractivity contribution in [2.45, 2.75) is 12.5 Å². The van der Waals surface area contributed by atoms with Crippen LogP contribution in [-0.4, -0.2) is 33.0 Å². The summed E-state index contributed by atoms with van der Waals surface area (Å²) in [6.45, 7) is 0. The van der Waals surface area contributed by atoms with Crippen molar-refractivity contribution in [3.8, 4) is 0 Å². The van der Waals surface area contributed by atoms with Gasteiger partial charge in [-0.1, -0.05) is 42.5 Å². The molecule has 0 aliphatic heterocycles. The van der Waals surface area contributed by atoms with E-state index in [0.29, 0.717) is 16.8 Å². The molecule has 28 heavy (non-hydrogen) atoms. The minimum absolute atomic E-state index is 0.0874. The minimum atomic E-state index is -1.11. The lowest BCUT2D eigenvalue weighted by atomic mass is 10.1. The number of hydrogen-bond donors (Lipinski definition) is 2. The lowest BCUT2D eigenvalue weighted by molar-refractivity contribution is -0.139. The number of aliphatic carboxylic acids is 1. The van der Waals surface area contributed by atoms with Gasteiger partial charge in [0.1, 0.15) is 6.04 Å². The molecule has 6 heteroatoms. The van der Waals surface area contributed by atoms with Crippen molar-refractivity contribution in [1.29, 1.82) is 0 Å². The lowest BCUT2D eigenvalue weighted by Gasteiger charge is -2.15. The van der Waals surface area contributed by atoms with Crippen LogP contribution in [0.5, 0.6) is 0 Å². The van der Waals surface area contributed by atoms with Gasteiger partial charge >= 0.3 is 5.97 Å². The largest absolute Gasteiger partial charge is 0.480 e. The third kappa shape index (κ3) is 3.53. The minimum Gasteiger partial charge on any atom is -0.480 e. The quantitative estimate of drug-likeness (QED) is 0.562. The molecule has 1 atom stereocenters. The van der Waals surface area contributed by atoms with Gasteiger partial charge < -0.3 is 10.4 Å². The van der Waals surface area contributed by atoms with Gasteiger partial charge in [0, 0.05) is 29.1 Å². The molecule has 1 amide bonds. The van der Waals surface area contributed by atoms with Gasteiger partial charge in [-0.25, -0.2) is 4.79 Å². The first kappa shape index (κ1) is 17.6. The number of benzene rings is 2. The number of pyridine rings is 2. The summed E-state index contributed by atoms with van der Waals surface area (Å²) in [6, 6.07) is 19.1. The summed E-state index contributed by atoms with van der Waals surface area (Å²) >= 11 is 0.